The van der Waals surface area contributed by atoms with E-state index in [0.29, 0.717) is 24.7 Å². The molecule has 9 atom stereocenters. The third-order valence-electron chi connectivity index (χ3n) is 10.6. The van der Waals surface area contributed by atoms with Gasteiger partial charge in [0.1, 0.15) is 6.17 Å². The number of nitrogens with two attached hydrogens (primary N) is 2. The smallest absolute Gasteiger partial charge is 0.137 e. The molecule has 7 N–H and O–H groups in total. The first-order valence-corrected chi connectivity index (χ1v) is 16.6. The van der Waals surface area contributed by atoms with Crippen molar-refractivity contribution in [2.45, 2.75) is 159 Å². The summed E-state index contributed by atoms with van der Waals surface area (Å²) in [5.74, 6) is -0.804. The third-order valence-corrected chi connectivity index (χ3v) is 10.6. The molecular formula is C32H60N2O5. The molecule has 7 heteroatoms. The molecule has 1 saturated heterocycles. The SMILES string of the molecule is CCCCCCC[C@H](O)CCCCCC[C@H](C(=O)[O-])[C@H](O)[C@H]1CC[C@@H]2[C@H](CC3CC[NH2+]C(N)C3)CC[C@]2(O)C1. The first-order chi connectivity index (χ1) is 18.7. The number of piperidine rings is 1. The van der Waals surface area contributed by atoms with E-state index in [1.807, 2.05) is 0 Å². The molecule has 0 bridgehead atoms. The van der Waals surface area contributed by atoms with E-state index in [-0.39, 0.29) is 24.1 Å². The lowest BCUT2D eigenvalue weighted by Crippen LogP contribution is -2.94. The summed E-state index contributed by atoms with van der Waals surface area (Å²) in [6.45, 7) is 3.30. The predicted molar refractivity (Wildman–Crippen MR) is 152 cm³/mol. The van der Waals surface area contributed by atoms with E-state index >= 15 is 0 Å². The van der Waals surface area contributed by atoms with Gasteiger partial charge in [-0.05, 0) is 87.9 Å². The number of quaternary nitrogens is 1. The number of carbonyl (C=O) groups is 1. The Balaban J connectivity index is 1.36. The molecule has 2 aliphatic carbocycles. The van der Waals surface area contributed by atoms with E-state index in [2.05, 4.69) is 12.2 Å². The van der Waals surface area contributed by atoms with E-state index in [1.54, 1.807) is 0 Å². The molecule has 0 amide bonds. The zero-order valence-electron chi connectivity index (χ0n) is 24.8. The molecule has 39 heavy (non-hydrogen) atoms. The number of aliphatic carboxylic acids is 1. The molecule has 1 heterocycles. The highest BCUT2D eigenvalue weighted by molar-refractivity contribution is 5.68. The van der Waals surface area contributed by atoms with Crippen LogP contribution in [0.15, 0.2) is 0 Å². The second kappa shape index (κ2) is 16.6. The number of unbranched alkanes of at least 4 members (excludes halogenated alkanes) is 7. The Morgan fingerprint density at radius 1 is 0.974 bits per heavy atom. The van der Waals surface area contributed by atoms with Crippen molar-refractivity contribution in [3.05, 3.63) is 0 Å². The van der Waals surface area contributed by atoms with Crippen LogP contribution in [0.4, 0.5) is 0 Å². The first-order valence-electron chi connectivity index (χ1n) is 16.6. The Labute approximate surface area is 237 Å². The maximum absolute atomic E-state index is 12.0. The Morgan fingerprint density at radius 3 is 2.28 bits per heavy atom. The van der Waals surface area contributed by atoms with E-state index in [0.717, 1.165) is 90.0 Å². The van der Waals surface area contributed by atoms with Crippen LogP contribution in [0.3, 0.4) is 0 Å². The van der Waals surface area contributed by atoms with Crippen molar-refractivity contribution < 1.29 is 30.5 Å². The Kier molecular flexibility index (Phi) is 14.0. The zero-order chi connectivity index (χ0) is 28.3. The molecule has 228 valence electrons. The molecule has 7 nitrogen and oxygen atoms in total. The number of hydrogen-bond acceptors (Lipinski definition) is 6. The van der Waals surface area contributed by atoms with Crippen LogP contribution < -0.4 is 16.2 Å². The highest BCUT2D eigenvalue weighted by Gasteiger charge is 2.52. The average Bonchev–Trinajstić information content (AvgIpc) is 3.22. The van der Waals surface area contributed by atoms with Gasteiger partial charge in [0, 0.05) is 18.3 Å². The van der Waals surface area contributed by atoms with E-state index in [4.69, 9.17) is 5.73 Å². The van der Waals surface area contributed by atoms with Crippen LogP contribution in [-0.2, 0) is 4.79 Å². The van der Waals surface area contributed by atoms with Gasteiger partial charge in [-0.25, -0.2) is 0 Å². The van der Waals surface area contributed by atoms with Crippen molar-refractivity contribution in [1.82, 2.24) is 0 Å². The van der Waals surface area contributed by atoms with Gasteiger partial charge in [-0.3, -0.25) is 5.73 Å². The summed E-state index contributed by atoms with van der Waals surface area (Å²) in [5.41, 5.74) is 5.39. The number of rotatable bonds is 18. The molecule has 3 aliphatic rings. The van der Waals surface area contributed by atoms with Crippen molar-refractivity contribution in [2.75, 3.05) is 6.54 Å². The third kappa shape index (κ3) is 10.2. The molecule has 2 saturated carbocycles. The topological polar surface area (TPSA) is 143 Å². The summed E-state index contributed by atoms with van der Waals surface area (Å²) in [6, 6.07) is 0. The number of fused-ring (bicyclic) bond motifs is 1. The second-order valence-corrected chi connectivity index (χ2v) is 13.6. The van der Waals surface area contributed by atoms with Gasteiger partial charge in [0.05, 0.1) is 24.4 Å². The van der Waals surface area contributed by atoms with Crippen LogP contribution in [-0.4, -0.2) is 51.8 Å². The fourth-order valence-electron chi connectivity index (χ4n) is 8.31. The monoisotopic (exact) mass is 552 g/mol. The van der Waals surface area contributed by atoms with Crippen molar-refractivity contribution in [1.29, 1.82) is 0 Å². The summed E-state index contributed by atoms with van der Waals surface area (Å²) in [6.07, 6.45) is 18.1. The molecule has 0 aromatic heterocycles. The number of carboxylic acid groups (broad SMARTS) is 1. The summed E-state index contributed by atoms with van der Waals surface area (Å²) >= 11 is 0. The standard InChI is InChI=1S/C32H60N2O5/c1-2-3-4-5-8-11-26(35)12-9-6-7-10-13-27(31(37)38)30(36)25-14-15-28-24(16-18-32(28,39)22-25)20-23-17-19-34-29(33)21-23/h23-30,34-36,39H,2-22,33H2,1H3,(H,37,38)/t23?,24-,25-,26-,27-,28+,29?,30+,32-/m0/s1. The molecule has 1 aliphatic heterocycles. The Morgan fingerprint density at radius 2 is 1.64 bits per heavy atom. The van der Waals surface area contributed by atoms with Crippen molar-refractivity contribution >= 4 is 5.97 Å². The van der Waals surface area contributed by atoms with Crippen LogP contribution in [0.25, 0.3) is 0 Å². The van der Waals surface area contributed by atoms with Gasteiger partial charge >= 0.3 is 0 Å². The van der Waals surface area contributed by atoms with Crippen LogP contribution in [0.1, 0.15) is 135 Å². The Bertz CT molecular complexity index is 708. The lowest BCUT2D eigenvalue weighted by molar-refractivity contribution is -0.699. The number of aliphatic hydroxyl groups excluding tert-OH is 2. The summed E-state index contributed by atoms with van der Waals surface area (Å²) in [4.78, 5) is 12.0. The first kappa shape index (κ1) is 32.8. The molecule has 3 fully saturated rings. The summed E-state index contributed by atoms with van der Waals surface area (Å²) < 4.78 is 0. The lowest BCUT2D eigenvalue weighted by Gasteiger charge is -2.44. The quantitative estimate of drug-likeness (QED) is 0.165. The molecule has 2 unspecified atom stereocenters. The highest BCUT2D eigenvalue weighted by atomic mass is 16.4. The maximum atomic E-state index is 12.0. The minimum absolute atomic E-state index is 0.182. The number of carbonyl (C=O) groups excluding carboxylic acids is 1. The molecular weight excluding hydrogens is 492 g/mol. The van der Waals surface area contributed by atoms with E-state index in [9.17, 15) is 25.2 Å². The van der Waals surface area contributed by atoms with Gasteiger partial charge in [-0.1, -0.05) is 64.7 Å². The van der Waals surface area contributed by atoms with Crippen LogP contribution >= 0.6 is 0 Å². The van der Waals surface area contributed by atoms with Gasteiger partial charge in [0.25, 0.3) is 0 Å². The lowest BCUT2D eigenvalue weighted by atomic mass is 9.66. The van der Waals surface area contributed by atoms with Crippen molar-refractivity contribution in [2.24, 2.45) is 35.3 Å². The van der Waals surface area contributed by atoms with Crippen LogP contribution in [0.2, 0.25) is 0 Å². The van der Waals surface area contributed by atoms with Gasteiger partial charge < -0.3 is 30.5 Å². The Hall–Kier alpha value is -0.730. The van der Waals surface area contributed by atoms with Crippen LogP contribution in [0, 0.1) is 29.6 Å². The van der Waals surface area contributed by atoms with Gasteiger partial charge in [0.2, 0.25) is 0 Å². The average molecular weight is 553 g/mol. The van der Waals surface area contributed by atoms with Gasteiger partial charge in [-0.2, -0.15) is 0 Å². The van der Waals surface area contributed by atoms with Crippen LogP contribution in [0.5, 0.6) is 0 Å². The molecule has 0 aromatic rings. The molecule has 0 radical (unpaired) electrons. The zero-order valence-corrected chi connectivity index (χ0v) is 24.8. The fraction of sp³-hybridized carbons (Fsp3) is 0.969. The summed E-state index contributed by atoms with van der Waals surface area (Å²) in [5, 5.41) is 47.1. The largest absolute Gasteiger partial charge is 0.550 e. The van der Waals surface area contributed by atoms with Crippen molar-refractivity contribution in [3.63, 3.8) is 0 Å². The van der Waals surface area contributed by atoms with E-state index in [1.165, 1.54) is 32.1 Å². The highest BCUT2D eigenvalue weighted by Crippen LogP contribution is 2.53. The molecule has 3 rings (SSSR count). The molecule has 0 aromatic carbocycles. The van der Waals surface area contributed by atoms with Gasteiger partial charge in [0.15, 0.2) is 0 Å². The number of hydrogen-bond donors (Lipinski definition) is 5. The number of carboxylic acids is 1. The van der Waals surface area contributed by atoms with E-state index < -0.39 is 23.6 Å². The fourth-order valence-corrected chi connectivity index (χ4v) is 8.31. The number of aliphatic hydroxyl groups is 3. The maximum Gasteiger partial charge on any atom is 0.137 e. The minimum atomic E-state index is -1.16. The predicted octanol–water partition coefficient (Wildman–Crippen LogP) is 2.98. The summed E-state index contributed by atoms with van der Waals surface area (Å²) in [7, 11) is 0. The molecule has 0 spiro atoms. The minimum Gasteiger partial charge on any atom is -0.550 e. The normalized spacial score (nSPS) is 33.4. The second-order valence-electron chi connectivity index (χ2n) is 13.6. The van der Waals surface area contributed by atoms with Gasteiger partial charge in [-0.15, -0.1) is 0 Å². The van der Waals surface area contributed by atoms with Crippen molar-refractivity contribution in [3.8, 4) is 0 Å².